The predicted molar refractivity (Wildman–Crippen MR) is 75.0 cm³/mol. The quantitative estimate of drug-likeness (QED) is 0.927. The van der Waals surface area contributed by atoms with Crippen LogP contribution in [0.2, 0.25) is 0 Å². The van der Waals surface area contributed by atoms with Gasteiger partial charge in [-0.3, -0.25) is 0 Å². The zero-order valence-corrected chi connectivity index (χ0v) is 11.6. The van der Waals surface area contributed by atoms with Gasteiger partial charge >= 0.3 is 0 Å². The summed E-state index contributed by atoms with van der Waals surface area (Å²) in [5.41, 5.74) is 0.950. The molecule has 0 aliphatic carbocycles. The highest BCUT2D eigenvalue weighted by Crippen LogP contribution is 2.17. The molecular formula is C15H19N3O2. The normalized spacial score (nSPS) is 22.9. The van der Waals surface area contributed by atoms with Crippen molar-refractivity contribution in [1.29, 1.82) is 0 Å². The van der Waals surface area contributed by atoms with Gasteiger partial charge in [-0.25, -0.2) is 0 Å². The van der Waals surface area contributed by atoms with E-state index in [-0.39, 0.29) is 0 Å². The lowest BCUT2D eigenvalue weighted by Crippen LogP contribution is -2.37. The van der Waals surface area contributed by atoms with Crippen molar-refractivity contribution in [3.63, 3.8) is 0 Å². The van der Waals surface area contributed by atoms with Crippen LogP contribution in [0.1, 0.15) is 25.7 Å². The van der Waals surface area contributed by atoms with E-state index >= 15 is 0 Å². The first-order valence-electron chi connectivity index (χ1n) is 7.04. The average Bonchev–Trinajstić information content (AvgIpc) is 2.95. The van der Waals surface area contributed by atoms with E-state index in [1.807, 2.05) is 30.3 Å². The molecule has 2 unspecified atom stereocenters. The van der Waals surface area contributed by atoms with Gasteiger partial charge in [0.25, 0.3) is 0 Å². The Hall–Kier alpha value is -1.72. The van der Waals surface area contributed by atoms with Crippen LogP contribution in [0.4, 0.5) is 0 Å². The lowest BCUT2D eigenvalue weighted by Gasteiger charge is -2.27. The molecule has 2 heterocycles. The number of nitrogens with zero attached hydrogens (tertiary/aromatic N) is 2. The van der Waals surface area contributed by atoms with Gasteiger partial charge in [0.2, 0.25) is 11.8 Å². The van der Waals surface area contributed by atoms with Crippen molar-refractivity contribution < 1.29 is 9.15 Å². The van der Waals surface area contributed by atoms with E-state index < -0.39 is 0 Å². The highest BCUT2D eigenvalue weighted by molar-refractivity contribution is 5.51. The van der Waals surface area contributed by atoms with Gasteiger partial charge in [0, 0.05) is 18.2 Å². The number of hydrogen-bond donors (Lipinski definition) is 1. The third-order valence-electron chi connectivity index (χ3n) is 3.51. The Labute approximate surface area is 118 Å². The van der Waals surface area contributed by atoms with Crippen LogP contribution in [0.3, 0.4) is 0 Å². The fourth-order valence-electron chi connectivity index (χ4n) is 2.44. The molecule has 106 valence electrons. The van der Waals surface area contributed by atoms with E-state index in [0.717, 1.165) is 25.0 Å². The Morgan fingerprint density at radius 3 is 2.90 bits per heavy atom. The van der Waals surface area contributed by atoms with E-state index in [9.17, 15) is 0 Å². The Morgan fingerprint density at radius 2 is 2.10 bits per heavy atom. The number of aromatic nitrogens is 2. The molecule has 0 saturated carbocycles. The van der Waals surface area contributed by atoms with Crippen LogP contribution in [0.15, 0.2) is 34.7 Å². The minimum absolute atomic E-state index is 0.323. The molecule has 2 aromatic rings. The summed E-state index contributed by atoms with van der Waals surface area (Å²) in [5, 5.41) is 11.6. The maximum atomic E-state index is 5.67. The summed E-state index contributed by atoms with van der Waals surface area (Å²) in [6.07, 6.45) is 2.38. The zero-order valence-electron chi connectivity index (χ0n) is 11.6. The largest absolute Gasteiger partial charge is 0.419 e. The van der Waals surface area contributed by atoms with Crippen LogP contribution in [-0.4, -0.2) is 29.0 Å². The van der Waals surface area contributed by atoms with E-state index in [1.54, 1.807) is 0 Å². The molecular weight excluding hydrogens is 254 g/mol. The van der Waals surface area contributed by atoms with Crippen LogP contribution >= 0.6 is 0 Å². The third-order valence-corrected chi connectivity index (χ3v) is 3.51. The maximum Gasteiger partial charge on any atom is 0.247 e. The predicted octanol–water partition coefficient (Wildman–Crippen LogP) is 2.39. The molecule has 1 aromatic heterocycles. The molecule has 0 radical (unpaired) electrons. The molecule has 5 nitrogen and oxygen atoms in total. The Morgan fingerprint density at radius 1 is 1.25 bits per heavy atom. The molecule has 2 atom stereocenters. The Balaban J connectivity index is 1.58. The van der Waals surface area contributed by atoms with Gasteiger partial charge in [-0.05, 0) is 31.9 Å². The highest BCUT2D eigenvalue weighted by Gasteiger charge is 2.19. The fourth-order valence-corrected chi connectivity index (χ4v) is 2.44. The number of hydrogen-bond acceptors (Lipinski definition) is 5. The van der Waals surface area contributed by atoms with Crippen molar-refractivity contribution in [3.05, 3.63) is 36.2 Å². The number of nitrogens with one attached hydrogen (secondary N) is 1. The second-order valence-electron chi connectivity index (χ2n) is 5.15. The van der Waals surface area contributed by atoms with E-state index in [0.29, 0.717) is 30.5 Å². The average molecular weight is 273 g/mol. The van der Waals surface area contributed by atoms with E-state index in [1.165, 1.54) is 0 Å². The van der Waals surface area contributed by atoms with Crippen LogP contribution < -0.4 is 5.32 Å². The molecule has 1 aliphatic heterocycles. The molecule has 1 saturated heterocycles. The van der Waals surface area contributed by atoms with Gasteiger partial charge in [0.05, 0.1) is 12.6 Å². The topological polar surface area (TPSA) is 60.2 Å². The molecule has 1 aliphatic rings. The van der Waals surface area contributed by atoms with E-state index in [2.05, 4.69) is 22.4 Å². The molecule has 0 amide bonds. The van der Waals surface area contributed by atoms with Gasteiger partial charge in [-0.15, -0.1) is 10.2 Å². The van der Waals surface area contributed by atoms with Crippen molar-refractivity contribution in [3.8, 4) is 11.5 Å². The smallest absolute Gasteiger partial charge is 0.247 e. The minimum atomic E-state index is 0.323. The number of rotatable bonds is 4. The summed E-state index contributed by atoms with van der Waals surface area (Å²) in [6.45, 7) is 3.53. The van der Waals surface area contributed by atoms with Crippen LogP contribution in [-0.2, 0) is 11.3 Å². The summed E-state index contributed by atoms with van der Waals surface area (Å²) in [7, 11) is 0. The summed E-state index contributed by atoms with van der Waals surface area (Å²) in [6, 6.07) is 10.3. The highest BCUT2D eigenvalue weighted by atomic mass is 16.5. The van der Waals surface area contributed by atoms with Crippen molar-refractivity contribution in [1.82, 2.24) is 15.5 Å². The maximum absolute atomic E-state index is 5.67. The molecule has 0 bridgehead atoms. The van der Waals surface area contributed by atoms with Crippen molar-refractivity contribution in [2.45, 2.75) is 38.5 Å². The summed E-state index contributed by atoms with van der Waals surface area (Å²) >= 11 is 0. The second-order valence-corrected chi connectivity index (χ2v) is 5.15. The van der Waals surface area contributed by atoms with Crippen molar-refractivity contribution in [2.24, 2.45) is 0 Å². The first-order chi connectivity index (χ1) is 9.81. The minimum Gasteiger partial charge on any atom is -0.419 e. The van der Waals surface area contributed by atoms with Gasteiger partial charge in [-0.1, -0.05) is 18.2 Å². The molecule has 3 rings (SSSR count). The number of ether oxygens (including phenoxy) is 1. The lowest BCUT2D eigenvalue weighted by molar-refractivity contribution is 0.0127. The van der Waals surface area contributed by atoms with Crippen LogP contribution in [0.5, 0.6) is 0 Å². The van der Waals surface area contributed by atoms with Crippen molar-refractivity contribution >= 4 is 0 Å². The fraction of sp³-hybridized carbons (Fsp3) is 0.467. The van der Waals surface area contributed by atoms with Crippen LogP contribution in [0, 0.1) is 0 Å². The SMILES string of the molecule is CC1CC(NCc2nnc(-c3ccccc3)o2)CCO1. The van der Waals surface area contributed by atoms with Gasteiger partial charge in [0.1, 0.15) is 0 Å². The first kappa shape index (κ1) is 13.3. The van der Waals surface area contributed by atoms with Crippen molar-refractivity contribution in [2.75, 3.05) is 6.61 Å². The molecule has 5 heteroatoms. The van der Waals surface area contributed by atoms with Crippen LogP contribution in [0.25, 0.3) is 11.5 Å². The molecule has 1 fully saturated rings. The molecule has 1 aromatic carbocycles. The van der Waals surface area contributed by atoms with Gasteiger partial charge in [-0.2, -0.15) is 0 Å². The Bertz CT molecular complexity index is 541. The van der Waals surface area contributed by atoms with E-state index in [4.69, 9.17) is 9.15 Å². The molecule has 1 N–H and O–H groups in total. The lowest BCUT2D eigenvalue weighted by atomic mass is 10.0. The standard InChI is InChI=1S/C15H19N3O2/c1-11-9-13(7-8-19-11)16-10-14-17-18-15(20-14)12-5-3-2-4-6-12/h2-6,11,13,16H,7-10H2,1H3. The summed E-state index contributed by atoms with van der Waals surface area (Å²) < 4.78 is 11.2. The summed E-state index contributed by atoms with van der Waals surface area (Å²) in [5.74, 6) is 1.20. The molecule has 20 heavy (non-hydrogen) atoms. The monoisotopic (exact) mass is 273 g/mol. The van der Waals surface area contributed by atoms with Gasteiger partial charge < -0.3 is 14.5 Å². The summed E-state index contributed by atoms with van der Waals surface area (Å²) in [4.78, 5) is 0. The molecule has 0 spiro atoms. The third kappa shape index (κ3) is 3.23. The first-order valence-corrected chi connectivity index (χ1v) is 7.04. The number of benzene rings is 1. The Kier molecular flexibility index (Phi) is 4.08. The van der Waals surface area contributed by atoms with Gasteiger partial charge in [0.15, 0.2) is 0 Å². The second kappa shape index (κ2) is 6.15. The zero-order chi connectivity index (χ0) is 13.8.